The van der Waals surface area contributed by atoms with Crippen LogP contribution in [0.1, 0.15) is 17.7 Å². The third-order valence-corrected chi connectivity index (χ3v) is 3.74. The molecular weight excluding hydrogens is 242 g/mol. The van der Waals surface area contributed by atoms with Crippen molar-refractivity contribution in [2.75, 3.05) is 7.05 Å². The third-order valence-electron chi connectivity index (χ3n) is 3.74. The van der Waals surface area contributed by atoms with Crippen molar-refractivity contribution in [3.05, 3.63) is 23.7 Å². The second-order valence-corrected chi connectivity index (χ2v) is 4.99. The summed E-state index contributed by atoms with van der Waals surface area (Å²) in [5.41, 5.74) is 4.24. The first-order chi connectivity index (χ1) is 9.19. The summed E-state index contributed by atoms with van der Waals surface area (Å²) >= 11 is 0. The van der Waals surface area contributed by atoms with Crippen LogP contribution < -0.4 is 5.32 Å². The Kier molecular flexibility index (Phi) is 2.85. The van der Waals surface area contributed by atoms with Crippen molar-refractivity contribution in [3.63, 3.8) is 0 Å². The fourth-order valence-electron chi connectivity index (χ4n) is 2.71. The molecule has 6 heteroatoms. The highest BCUT2D eigenvalue weighted by molar-refractivity contribution is 5.79. The van der Waals surface area contributed by atoms with Crippen LogP contribution in [0.4, 0.5) is 0 Å². The lowest BCUT2D eigenvalue weighted by Crippen LogP contribution is -2.31. The van der Waals surface area contributed by atoms with Gasteiger partial charge in [-0.1, -0.05) is 0 Å². The van der Waals surface area contributed by atoms with E-state index in [1.807, 2.05) is 13.2 Å². The minimum atomic E-state index is 0.0468. The van der Waals surface area contributed by atoms with E-state index in [1.54, 1.807) is 17.9 Å². The van der Waals surface area contributed by atoms with Crippen LogP contribution >= 0.6 is 0 Å². The molecule has 1 aliphatic carbocycles. The van der Waals surface area contributed by atoms with Gasteiger partial charge in [0.2, 0.25) is 5.91 Å². The number of fused-ring (bicyclic) bond motifs is 1. The van der Waals surface area contributed by atoms with Gasteiger partial charge in [0.05, 0.1) is 11.9 Å². The average Bonchev–Trinajstić information content (AvgIpc) is 3.02. The van der Waals surface area contributed by atoms with Gasteiger partial charge in [0.1, 0.15) is 0 Å². The first-order valence-corrected chi connectivity index (χ1v) is 6.45. The molecule has 0 saturated heterocycles. The summed E-state index contributed by atoms with van der Waals surface area (Å²) < 4.78 is 1.76. The highest BCUT2D eigenvalue weighted by atomic mass is 16.1. The number of carbonyl (C=O) groups excluding carboxylic acids is 1. The van der Waals surface area contributed by atoms with Crippen LogP contribution in [0.25, 0.3) is 11.3 Å². The standard InChI is InChI=1S/C13H17N5O/c1-14-13(19)8-3-4-11-10(5-8)12(17-16-11)9-6-15-18(2)7-9/h6-8H,3-5H2,1-2H3,(H,14,19)(H,16,17)/t8-/m1/s1. The Hall–Kier alpha value is -2.11. The largest absolute Gasteiger partial charge is 0.359 e. The Balaban J connectivity index is 1.94. The first kappa shape index (κ1) is 12.0. The number of nitrogens with one attached hydrogen (secondary N) is 2. The molecule has 0 aromatic carbocycles. The van der Waals surface area contributed by atoms with E-state index in [4.69, 9.17) is 0 Å². The molecule has 1 aliphatic rings. The van der Waals surface area contributed by atoms with Gasteiger partial charge in [0.25, 0.3) is 0 Å². The molecule has 2 heterocycles. The van der Waals surface area contributed by atoms with Crippen LogP contribution in [-0.2, 0) is 24.7 Å². The van der Waals surface area contributed by atoms with Gasteiger partial charge in [-0.25, -0.2) is 0 Å². The second-order valence-electron chi connectivity index (χ2n) is 4.99. The molecule has 3 rings (SSSR count). The van der Waals surface area contributed by atoms with Crippen LogP contribution in [0.2, 0.25) is 0 Å². The van der Waals surface area contributed by atoms with E-state index in [0.717, 1.165) is 41.8 Å². The van der Waals surface area contributed by atoms with Crippen molar-refractivity contribution in [1.82, 2.24) is 25.3 Å². The summed E-state index contributed by atoms with van der Waals surface area (Å²) in [6, 6.07) is 0. The van der Waals surface area contributed by atoms with E-state index < -0.39 is 0 Å². The fourth-order valence-corrected chi connectivity index (χ4v) is 2.71. The van der Waals surface area contributed by atoms with Crippen molar-refractivity contribution >= 4 is 5.91 Å². The molecule has 100 valence electrons. The molecule has 2 N–H and O–H groups in total. The highest BCUT2D eigenvalue weighted by Gasteiger charge is 2.28. The Morgan fingerprint density at radius 1 is 1.58 bits per heavy atom. The number of H-pyrrole nitrogens is 1. The molecule has 0 aliphatic heterocycles. The molecule has 19 heavy (non-hydrogen) atoms. The summed E-state index contributed by atoms with van der Waals surface area (Å²) in [4.78, 5) is 11.8. The predicted molar refractivity (Wildman–Crippen MR) is 70.4 cm³/mol. The number of nitrogens with zero attached hydrogens (tertiary/aromatic N) is 3. The van der Waals surface area contributed by atoms with E-state index in [2.05, 4.69) is 20.6 Å². The molecule has 0 bridgehead atoms. The number of aromatic nitrogens is 4. The molecule has 0 fully saturated rings. The van der Waals surface area contributed by atoms with Crippen LogP contribution in [-0.4, -0.2) is 32.9 Å². The zero-order valence-electron chi connectivity index (χ0n) is 11.1. The number of hydrogen-bond donors (Lipinski definition) is 2. The van der Waals surface area contributed by atoms with E-state index in [0.29, 0.717) is 0 Å². The molecule has 0 radical (unpaired) electrons. The molecular formula is C13H17N5O. The number of rotatable bonds is 2. The summed E-state index contributed by atoms with van der Waals surface area (Å²) in [5.74, 6) is 0.162. The van der Waals surface area contributed by atoms with E-state index in [9.17, 15) is 4.79 Å². The highest BCUT2D eigenvalue weighted by Crippen LogP contribution is 2.31. The smallest absolute Gasteiger partial charge is 0.223 e. The molecule has 0 saturated carbocycles. The van der Waals surface area contributed by atoms with Crippen LogP contribution in [0.3, 0.4) is 0 Å². The van der Waals surface area contributed by atoms with Crippen molar-refractivity contribution in [2.24, 2.45) is 13.0 Å². The Labute approximate surface area is 111 Å². The molecule has 6 nitrogen and oxygen atoms in total. The van der Waals surface area contributed by atoms with E-state index >= 15 is 0 Å². The fraction of sp³-hybridized carbons (Fsp3) is 0.462. The molecule has 2 aromatic rings. The predicted octanol–water partition coefficient (Wildman–Crippen LogP) is 0.661. The van der Waals surface area contributed by atoms with Gasteiger partial charge >= 0.3 is 0 Å². The maximum Gasteiger partial charge on any atom is 0.223 e. The first-order valence-electron chi connectivity index (χ1n) is 6.45. The molecule has 2 aromatic heterocycles. The number of carbonyl (C=O) groups is 1. The van der Waals surface area contributed by atoms with Crippen LogP contribution in [0.15, 0.2) is 12.4 Å². The van der Waals surface area contributed by atoms with Gasteiger partial charge < -0.3 is 5.32 Å². The summed E-state index contributed by atoms with van der Waals surface area (Å²) in [5, 5.41) is 14.4. The molecule has 0 unspecified atom stereocenters. The third kappa shape index (κ3) is 2.03. The van der Waals surface area contributed by atoms with Crippen molar-refractivity contribution in [3.8, 4) is 11.3 Å². The maximum atomic E-state index is 11.8. The number of amides is 1. The number of aromatic amines is 1. The van der Waals surface area contributed by atoms with Crippen molar-refractivity contribution < 1.29 is 4.79 Å². The van der Waals surface area contributed by atoms with Crippen LogP contribution in [0.5, 0.6) is 0 Å². The van der Waals surface area contributed by atoms with Gasteiger partial charge in [-0.3, -0.25) is 14.6 Å². The topological polar surface area (TPSA) is 75.6 Å². The zero-order chi connectivity index (χ0) is 13.4. The summed E-state index contributed by atoms with van der Waals surface area (Å²) in [6.45, 7) is 0. The lowest BCUT2D eigenvalue weighted by molar-refractivity contribution is -0.124. The molecule has 1 amide bonds. The Morgan fingerprint density at radius 3 is 3.11 bits per heavy atom. The number of aryl methyl sites for hydroxylation is 2. The Morgan fingerprint density at radius 2 is 2.42 bits per heavy atom. The van der Waals surface area contributed by atoms with Gasteiger partial charge in [0, 0.05) is 43.0 Å². The van der Waals surface area contributed by atoms with Crippen molar-refractivity contribution in [2.45, 2.75) is 19.3 Å². The van der Waals surface area contributed by atoms with E-state index in [-0.39, 0.29) is 11.8 Å². The molecule has 1 atom stereocenters. The summed E-state index contributed by atoms with van der Waals surface area (Å²) in [6.07, 6.45) is 6.25. The van der Waals surface area contributed by atoms with Crippen molar-refractivity contribution in [1.29, 1.82) is 0 Å². The normalized spacial score (nSPS) is 18.1. The monoisotopic (exact) mass is 259 g/mol. The van der Waals surface area contributed by atoms with Gasteiger partial charge in [0.15, 0.2) is 0 Å². The molecule has 0 spiro atoms. The second kappa shape index (κ2) is 4.53. The number of hydrogen-bond acceptors (Lipinski definition) is 3. The average molecular weight is 259 g/mol. The van der Waals surface area contributed by atoms with Gasteiger partial charge in [-0.2, -0.15) is 10.2 Å². The minimum Gasteiger partial charge on any atom is -0.359 e. The lowest BCUT2D eigenvalue weighted by Gasteiger charge is -2.20. The minimum absolute atomic E-state index is 0.0468. The van der Waals surface area contributed by atoms with Crippen LogP contribution in [0, 0.1) is 5.92 Å². The SMILES string of the molecule is CNC(=O)[C@@H]1CCc2[nH]nc(-c3cnn(C)c3)c2C1. The van der Waals surface area contributed by atoms with Gasteiger partial charge in [-0.15, -0.1) is 0 Å². The maximum absolute atomic E-state index is 11.8. The lowest BCUT2D eigenvalue weighted by atomic mass is 9.85. The van der Waals surface area contributed by atoms with E-state index in [1.165, 1.54) is 0 Å². The quantitative estimate of drug-likeness (QED) is 0.832. The summed E-state index contributed by atoms with van der Waals surface area (Å²) in [7, 11) is 3.57. The Bertz CT molecular complexity index is 612. The van der Waals surface area contributed by atoms with Gasteiger partial charge in [-0.05, 0) is 19.3 Å². The zero-order valence-corrected chi connectivity index (χ0v) is 11.1.